The number of hydrogen-bond donors (Lipinski definition) is 1. The number of nitrogens with zero attached hydrogens (tertiary/aromatic N) is 2. The van der Waals surface area contributed by atoms with Crippen molar-refractivity contribution in [2.45, 2.75) is 39.3 Å². The van der Waals surface area contributed by atoms with Crippen molar-refractivity contribution in [2.24, 2.45) is 5.92 Å². The molecule has 3 nitrogen and oxygen atoms in total. The Morgan fingerprint density at radius 2 is 1.95 bits per heavy atom. The molecule has 1 aromatic rings. The molecule has 1 rings (SSSR count). The summed E-state index contributed by atoms with van der Waals surface area (Å²) in [6.07, 6.45) is 4.07. The van der Waals surface area contributed by atoms with E-state index in [1.165, 1.54) is 6.20 Å². The minimum atomic E-state index is -0.279. The van der Waals surface area contributed by atoms with E-state index < -0.39 is 0 Å². The molecule has 19 heavy (non-hydrogen) atoms. The first-order valence-electron chi connectivity index (χ1n) is 6.89. The van der Waals surface area contributed by atoms with Gasteiger partial charge in [-0.3, -0.25) is 4.98 Å². The summed E-state index contributed by atoms with van der Waals surface area (Å²) in [6.45, 7) is 7.47. The Bertz CT molecular complexity index is 369. The fraction of sp³-hybridized carbons (Fsp3) is 0.667. The van der Waals surface area contributed by atoms with Crippen LogP contribution in [0.25, 0.3) is 0 Å². The molecule has 0 aliphatic rings. The molecule has 0 fully saturated rings. The van der Waals surface area contributed by atoms with Crippen LogP contribution >= 0.6 is 0 Å². The zero-order valence-corrected chi connectivity index (χ0v) is 12.7. The van der Waals surface area contributed by atoms with Crippen molar-refractivity contribution in [2.75, 3.05) is 20.6 Å². The first-order chi connectivity index (χ1) is 8.88. The van der Waals surface area contributed by atoms with Gasteiger partial charge >= 0.3 is 0 Å². The average Bonchev–Trinajstić information content (AvgIpc) is 2.26. The lowest BCUT2D eigenvalue weighted by Gasteiger charge is -2.27. The molecular weight excluding hydrogens is 241 g/mol. The van der Waals surface area contributed by atoms with E-state index in [0.717, 1.165) is 18.5 Å². The normalized spacial score (nSPS) is 14.9. The van der Waals surface area contributed by atoms with E-state index in [1.807, 2.05) is 0 Å². The van der Waals surface area contributed by atoms with Gasteiger partial charge in [0.05, 0.1) is 6.20 Å². The molecule has 0 aliphatic carbocycles. The lowest BCUT2D eigenvalue weighted by atomic mass is 10.0. The maximum atomic E-state index is 13.2. The summed E-state index contributed by atoms with van der Waals surface area (Å²) in [7, 11) is 4.15. The highest BCUT2D eigenvalue weighted by Crippen LogP contribution is 2.15. The largest absolute Gasteiger partial charge is 0.308 e. The number of nitrogens with one attached hydrogen (secondary N) is 1. The molecule has 1 aromatic heterocycles. The number of pyridine rings is 1. The Morgan fingerprint density at radius 3 is 2.47 bits per heavy atom. The second kappa shape index (κ2) is 7.56. The van der Waals surface area contributed by atoms with Gasteiger partial charge in [-0.15, -0.1) is 0 Å². The van der Waals surface area contributed by atoms with Gasteiger partial charge in [-0.05, 0) is 45.0 Å². The van der Waals surface area contributed by atoms with E-state index in [1.54, 1.807) is 12.3 Å². The second-order valence-corrected chi connectivity index (χ2v) is 5.91. The minimum Gasteiger partial charge on any atom is -0.308 e. The lowest BCUT2D eigenvalue weighted by Crippen LogP contribution is -2.40. The number of aromatic nitrogens is 1. The summed E-state index contributed by atoms with van der Waals surface area (Å²) in [5, 5.41) is 3.57. The third-order valence-corrected chi connectivity index (χ3v) is 3.05. The van der Waals surface area contributed by atoms with E-state index >= 15 is 0 Å². The van der Waals surface area contributed by atoms with Crippen LogP contribution in [-0.2, 0) is 0 Å². The van der Waals surface area contributed by atoms with Crippen molar-refractivity contribution < 1.29 is 4.39 Å². The quantitative estimate of drug-likeness (QED) is 0.823. The highest BCUT2D eigenvalue weighted by molar-refractivity contribution is 5.14. The number of rotatable bonds is 7. The monoisotopic (exact) mass is 267 g/mol. The first-order valence-corrected chi connectivity index (χ1v) is 6.89. The highest BCUT2D eigenvalue weighted by Gasteiger charge is 2.16. The predicted molar refractivity (Wildman–Crippen MR) is 77.5 cm³/mol. The van der Waals surface area contributed by atoms with Crippen LogP contribution in [0, 0.1) is 11.7 Å². The molecule has 0 bridgehead atoms. The van der Waals surface area contributed by atoms with E-state index in [9.17, 15) is 4.39 Å². The molecule has 1 heterocycles. The minimum absolute atomic E-state index is 0.104. The van der Waals surface area contributed by atoms with Crippen LogP contribution in [0.5, 0.6) is 0 Å². The van der Waals surface area contributed by atoms with Crippen molar-refractivity contribution in [3.8, 4) is 0 Å². The maximum absolute atomic E-state index is 13.2. The van der Waals surface area contributed by atoms with E-state index in [2.05, 4.69) is 50.1 Å². The summed E-state index contributed by atoms with van der Waals surface area (Å²) in [4.78, 5) is 6.09. The molecule has 0 saturated carbocycles. The van der Waals surface area contributed by atoms with Crippen LogP contribution < -0.4 is 5.32 Å². The van der Waals surface area contributed by atoms with Gasteiger partial charge in [-0.1, -0.05) is 13.8 Å². The van der Waals surface area contributed by atoms with Gasteiger partial charge in [-0.2, -0.15) is 0 Å². The maximum Gasteiger partial charge on any atom is 0.141 e. The predicted octanol–water partition coefficient (Wildman–Crippen LogP) is 2.85. The Balaban J connectivity index is 2.66. The second-order valence-electron chi connectivity index (χ2n) is 5.91. The molecule has 0 saturated heterocycles. The zero-order valence-electron chi connectivity index (χ0n) is 12.7. The molecule has 4 heteroatoms. The third-order valence-electron chi connectivity index (χ3n) is 3.05. The topological polar surface area (TPSA) is 28.2 Å². The summed E-state index contributed by atoms with van der Waals surface area (Å²) in [5.41, 5.74) is 0.896. The van der Waals surface area contributed by atoms with Crippen LogP contribution in [0.2, 0.25) is 0 Å². The van der Waals surface area contributed by atoms with E-state index in [0.29, 0.717) is 12.0 Å². The third kappa shape index (κ3) is 6.12. The Morgan fingerprint density at radius 1 is 1.26 bits per heavy atom. The Kier molecular flexibility index (Phi) is 6.38. The van der Waals surface area contributed by atoms with Crippen molar-refractivity contribution in [1.29, 1.82) is 0 Å². The van der Waals surface area contributed by atoms with E-state index in [-0.39, 0.29) is 11.9 Å². The number of likely N-dealkylation sites (N-methyl/N-ethyl adjacent to an activating group) is 1. The smallest absolute Gasteiger partial charge is 0.141 e. The van der Waals surface area contributed by atoms with Crippen LogP contribution in [-0.4, -0.2) is 36.6 Å². The van der Waals surface area contributed by atoms with Crippen molar-refractivity contribution in [3.63, 3.8) is 0 Å². The summed E-state index contributed by atoms with van der Waals surface area (Å²) >= 11 is 0. The molecule has 2 unspecified atom stereocenters. The molecule has 0 aliphatic heterocycles. The number of halogens is 1. The van der Waals surface area contributed by atoms with E-state index in [4.69, 9.17) is 0 Å². The molecular formula is C15H26FN3. The van der Waals surface area contributed by atoms with Crippen LogP contribution in [0.15, 0.2) is 18.5 Å². The molecule has 0 amide bonds. The van der Waals surface area contributed by atoms with Crippen LogP contribution in [0.3, 0.4) is 0 Å². The summed E-state index contributed by atoms with van der Waals surface area (Å²) in [6, 6.07) is 2.05. The summed E-state index contributed by atoms with van der Waals surface area (Å²) < 4.78 is 13.2. The highest BCUT2D eigenvalue weighted by atomic mass is 19.1. The van der Waals surface area contributed by atoms with Gasteiger partial charge in [0.15, 0.2) is 0 Å². The first kappa shape index (κ1) is 16.1. The standard InChI is InChI=1S/C15H26FN3/c1-11(2)6-15(10-19(4)5)18-12(3)13-7-14(16)9-17-8-13/h7-9,11-12,15,18H,6,10H2,1-5H3. The molecule has 108 valence electrons. The van der Waals surface area contributed by atoms with Crippen molar-refractivity contribution >= 4 is 0 Å². The van der Waals surface area contributed by atoms with Crippen LogP contribution in [0.1, 0.15) is 38.8 Å². The fourth-order valence-corrected chi connectivity index (χ4v) is 2.32. The Labute approximate surface area is 116 Å². The van der Waals surface area contributed by atoms with Gasteiger partial charge < -0.3 is 10.2 Å². The van der Waals surface area contributed by atoms with Gasteiger partial charge in [0.1, 0.15) is 5.82 Å². The van der Waals surface area contributed by atoms with Crippen molar-refractivity contribution in [3.05, 3.63) is 29.8 Å². The molecule has 0 aromatic carbocycles. The van der Waals surface area contributed by atoms with Crippen LogP contribution in [0.4, 0.5) is 4.39 Å². The van der Waals surface area contributed by atoms with Gasteiger partial charge in [0, 0.05) is 24.8 Å². The van der Waals surface area contributed by atoms with Gasteiger partial charge in [0.25, 0.3) is 0 Å². The average molecular weight is 267 g/mol. The summed E-state index contributed by atoms with van der Waals surface area (Å²) in [5.74, 6) is 0.356. The van der Waals surface area contributed by atoms with Gasteiger partial charge in [-0.25, -0.2) is 4.39 Å². The Hall–Kier alpha value is -1.00. The molecule has 2 atom stereocenters. The van der Waals surface area contributed by atoms with Crippen molar-refractivity contribution in [1.82, 2.24) is 15.2 Å². The lowest BCUT2D eigenvalue weighted by molar-refractivity contribution is 0.290. The molecule has 0 radical (unpaired) electrons. The number of hydrogen-bond acceptors (Lipinski definition) is 3. The fourth-order valence-electron chi connectivity index (χ4n) is 2.32. The SMILES string of the molecule is CC(C)CC(CN(C)C)NC(C)c1cncc(F)c1. The molecule has 0 spiro atoms. The van der Waals surface area contributed by atoms with Gasteiger partial charge in [0.2, 0.25) is 0 Å². The zero-order chi connectivity index (χ0) is 14.4. The molecule has 1 N–H and O–H groups in total.